The van der Waals surface area contributed by atoms with Crippen molar-refractivity contribution in [3.05, 3.63) is 53.5 Å². The van der Waals surface area contributed by atoms with Gasteiger partial charge < -0.3 is 19.5 Å². The van der Waals surface area contributed by atoms with E-state index in [1.807, 2.05) is 13.8 Å². The largest absolute Gasteiger partial charge is 0.434 e. The molecule has 5 rings (SSSR count). The molecule has 0 aliphatic carbocycles. The lowest BCUT2D eigenvalue weighted by Gasteiger charge is -2.40. The molecule has 0 spiro atoms. The van der Waals surface area contributed by atoms with E-state index in [4.69, 9.17) is 14.2 Å². The highest BCUT2D eigenvalue weighted by molar-refractivity contribution is 5.35. The first-order valence-electron chi connectivity index (χ1n) is 11.1. The molecule has 3 aliphatic rings. The van der Waals surface area contributed by atoms with Crippen LogP contribution in [0.1, 0.15) is 30.7 Å². The van der Waals surface area contributed by atoms with E-state index in [1.165, 1.54) is 17.3 Å². The van der Waals surface area contributed by atoms with E-state index in [9.17, 15) is 13.2 Å². The monoisotopic (exact) mass is 464 g/mol. The smallest absolute Gasteiger partial charge is 0.372 e. The quantitative estimate of drug-likeness (QED) is 0.745. The second-order valence-corrected chi connectivity index (χ2v) is 9.23. The van der Waals surface area contributed by atoms with Gasteiger partial charge in [0.15, 0.2) is 11.5 Å². The van der Waals surface area contributed by atoms with Crippen molar-refractivity contribution in [3.63, 3.8) is 0 Å². The first kappa shape index (κ1) is 22.5. The van der Waals surface area contributed by atoms with Gasteiger partial charge in [0.05, 0.1) is 31.1 Å². The average molecular weight is 464 g/mol. The molecule has 1 aromatic heterocycles. The predicted molar refractivity (Wildman–Crippen MR) is 113 cm³/mol. The molecule has 0 amide bonds. The highest BCUT2D eigenvalue weighted by Gasteiger charge is 2.52. The SMILES string of the molecule is CC1(C)O[C@@H]2[C@H](O1)[C@@H](Nc1cncc(C(F)(F)F)n1)CO[C@@H]2CN1CCc2ccccc2C1. The number of fused-ring (bicyclic) bond motifs is 2. The second-order valence-electron chi connectivity index (χ2n) is 9.23. The number of rotatable bonds is 4. The summed E-state index contributed by atoms with van der Waals surface area (Å²) in [6, 6.07) is 8.02. The number of alkyl halides is 3. The predicted octanol–water partition coefficient (Wildman–Crippen LogP) is 3.25. The van der Waals surface area contributed by atoms with Gasteiger partial charge >= 0.3 is 6.18 Å². The summed E-state index contributed by atoms with van der Waals surface area (Å²) < 4.78 is 57.6. The van der Waals surface area contributed by atoms with Gasteiger partial charge in [-0.15, -0.1) is 0 Å². The standard InChI is InChI=1S/C23H27F3N4O3/c1-22(2)32-20-16(28-19-10-27-9-18(29-19)23(24,25)26)13-31-17(21(20)33-22)12-30-8-7-14-5-3-4-6-15(14)11-30/h3-6,9-10,16-17,20-21H,7-8,11-13H2,1-2H3,(H,28,29)/t16-,17+,20+,21-/m0/s1. The molecule has 10 heteroatoms. The third kappa shape index (κ3) is 4.84. The van der Waals surface area contributed by atoms with Crippen LogP contribution in [-0.2, 0) is 33.4 Å². The van der Waals surface area contributed by atoms with Gasteiger partial charge in [-0.3, -0.25) is 9.88 Å². The molecule has 1 aromatic carbocycles. The molecule has 3 aliphatic heterocycles. The third-order valence-corrected chi connectivity index (χ3v) is 6.32. The summed E-state index contributed by atoms with van der Waals surface area (Å²) >= 11 is 0. The Kier molecular flexibility index (Phi) is 5.80. The van der Waals surface area contributed by atoms with Gasteiger partial charge in [-0.2, -0.15) is 13.2 Å². The van der Waals surface area contributed by atoms with Crippen LogP contribution < -0.4 is 5.32 Å². The van der Waals surface area contributed by atoms with Crippen molar-refractivity contribution < 1.29 is 27.4 Å². The molecule has 0 saturated carbocycles. The Hall–Kier alpha value is -2.27. The fourth-order valence-electron chi connectivity index (χ4n) is 4.84. The van der Waals surface area contributed by atoms with E-state index in [0.717, 1.165) is 19.5 Å². The first-order valence-corrected chi connectivity index (χ1v) is 11.1. The second kappa shape index (κ2) is 8.50. The summed E-state index contributed by atoms with van der Waals surface area (Å²) in [5.74, 6) is -0.800. The van der Waals surface area contributed by atoms with Crippen molar-refractivity contribution in [2.45, 2.75) is 63.1 Å². The van der Waals surface area contributed by atoms with Crippen LogP contribution in [-0.4, -0.2) is 64.7 Å². The summed E-state index contributed by atoms with van der Waals surface area (Å²) in [5, 5.41) is 3.02. The number of ether oxygens (including phenoxy) is 3. The molecule has 178 valence electrons. The van der Waals surface area contributed by atoms with Crippen LogP contribution in [0, 0.1) is 0 Å². The molecule has 0 unspecified atom stereocenters. The topological polar surface area (TPSA) is 68.7 Å². The Balaban J connectivity index is 1.29. The number of aromatic nitrogens is 2. The number of nitrogens with one attached hydrogen (secondary N) is 1. The summed E-state index contributed by atoms with van der Waals surface area (Å²) in [4.78, 5) is 9.69. The normalized spacial score (nSPS) is 29.4. The molecule has 4 heterocycles. The lowest BCUT2D eigenvalue weighted by molar-refractivity contribution is -0.155. The van der Waals surface area contributed by atoms with E-state index < -0.39 is 29.8 Å². The third-order valence-electron chi connectivity index (χ3n) is 6.32. The lowest BCUT2D eigenvalue weighted by Crippen LogP contribution is -2.57. The molecule has 1 N–H and O–H groups in total. The van der Waals surface area contributed by atoms with Crippen molar-refractivity contribution in [1.82, 2.24) is 14.9 Å². The van der Waals surface area contributed by atoms with E-state index in [0.29, 0.717) is 12.7 Å². The number of anilines is 1. The van der Waals surface area contributed by atoms with Crippen molar-refractivity contribution >= 4 is 5.82 Å². The average Bonchev–Trinajstić information content (AvgIpc) is 3.11. The van der Waals surface area contributed by atoms with Gasteiger partial charge in [-0.1, -0.05) is 24.3 Å². The fourth-order valence-corrected chi connectivity index (χ4v) is 4.84. The minimum Gasteiger partial charge on any atom is -0.372 e. The summed E-state index contributed by atoms with van der Waals surface area (Å²) in [7, 11) is 0. The van der Waals surface area contributed by atoms with Gasteiger partial charge in [0.25, 0.3) is 0 Å². The number of hydrogen-bond acceptors (Lipinski definition) is 7. The molecule has 2 fully saturated rings. The highest BCUT2D eigenvalue weighted by atomic mass is 19.4. The number of nitrogens with zero attached hydrogens (tertiary/aromatic N) is 3. The fraction of sp³-hybridized carbons (Fsp3) is 0.565. The molecule has 2 aromatic rings. The minimum absolute atomic E-state index is 0.0246. The maximum atomic E-state index is 13.0. The number of halogens is 3. The Morgan fingerprint density at radius 2 is 1.88 bits per heavy atom. The maximum absolute atomic E-state index is 13.0. The van der Waals surface area contributed by atoms with Crippen molar-refractivity contribution in [2.24, 2.45) is 0 Å². The van der Waals surface area contributed by atoms with E-state index in [1.54, 1.807) is 0 Å². The molecule has 0 radical (unpaired) electrons. The van der Waals surface area contributed by atoms with Crippen molar-refractivity contribution in [3.8, 4) is 0 Å². The Labute approximate surface area is 190 Å². The van der Waals surface area contributed by atoms with Gasteiger partial charge in [0.2, 0.25) is 0 Å². The molecule has 4 atom stereocenters. The van der Waals surface area contributed by atoms with Crippen LogP contribution in [0.3, 0.4) is 0 Å². The number of hydrogen-bond donors (Lipinski definition) is 1. The molecule has 7 nitrogen and oxygen atoms in total. The Bertz CT molecular complexity index is 1000. The van der Waals surface area contributed by atoms with Crippen LogP contribution in [0.25, 0.3) is 0 Å². The molecule has 2 saturated heterocycles. The molecule has 33 heavy (non-hydrogen) atoms. The molecule has 0 bridgehead atoms. The van der Waals surface area contributed by atoms with Crippen LogP contribution in [0.5, 0.6) is 0 Å². The van der Waals surface area contributed by atoms with Gasteiger partial charge in [0.1, 0.15) is 18.0 Å². The zero-order valence-electron chi connectivity index (χ0n) is 18.5. The van der Waals surface area contributed by atoms with Gasteiger partial charge in [-0.05, 0) is 31.4 Å². The van der Waals surface area contributed by atoms with Crippen molar-refractivity contribution in [2.75, 3.05) is 25.0 Å². The Morgan fingerprint density at radius 3 is 2.67 bits per heavy atom. The first-order chi connectivity index (χ1) is 15.7. The maximum Gasteiger partial charge on any atom is 0.434 e. The Morgan fingerprint density at radius 1 is 1.12 bits per heavy atom. The lowest BCUT2D eigenvalue weighted by atomic mass is 9.95. The zero-order chi connectivity index (χ0) is 23.2. The minimum atomic E-state index is -4.57. The molecular formula is C23H27F3N4O3. The van der Waals surface area contributed by atoms with E-state index in [2.05, 4.69) is 44.5 Å². The summed E-state index contributed by atoms with van der Waals surface area (Å²) in [5.41, 5.74) is 1.65. The zero-order valence-corrected chi connectivity index (χ0v) is 18.5. The van der Waals surface area contributed by atoms with E-state index in [-0.39, 0.29) is 24.6 Å². The van der Waals surface area contributed by atoms with E-state index >= 15 is 0 Å². The highest BCUT2D eigenvalue weighted by Crippen LogP contribution is 2.37. The van der Waals surface area contributed by atoms with Crippen LogP contribution in [0.4, 0.5) is 19.0 Å². The van der Waals surface area contributed by atoms with Crippen LogP contribution >= 0.6 is 0 Å². The molecular weight excluding hydrogens is 437 g/mol. The summed E-state index contributed by atoms with van der Waals surface area (Å²) in [6.45, 7) is 6.39. The number of benzene rings is 1. The van der Waals surface area contributed by atoms with Gasteiger partial charge in [-0.25, -0.2) is 4.98 Å². The summed E-state index contributed by atoms with van der Waals surface area (Å²) in [6.07, 6.45) is -2.58. The van der Waals surface area contributed by atoms with Crippen LogP contribution in [0.15, 0.2) is 36.7 Å². The van der Waals surface area contributed by atoms with Crippen molar-refractivity contribution in [1.29, 1.82) is 0 Å². The van der Waals surface area contributed by atoms with Gasteiger partial charge in [0, 0.05) is 19.6 Å². The van der Waals surface area contributed by atoms with Crippen LogP contribution in [0.2, 0.25) is 0 Å².